The minimum Gasteiger partial charge on any atom is -0.383 e. The van der Waals surface area contributed by atoms with Gasteiger partial charge in [0, 0.05) is 33.4 Å². The molecule has 1 aromatic heterocycles. The maximum atomic E-state index is 5.08. The third-order valence-corrected chi connectivity index (χ3v) is 2.10. The van der Waals surface area contributed by atoms with E-state index in [9.17, 15) is 0 Å². The van der Waals surface area contributed by atoms with Gasteiger partial charge in [0.2, 0.25) is 0 Å². The molecule has 1 rings (SSSR count). The molecule has 4 heteroatoms. The Morgan fingerprint density at radius 2 is 2.27 bits per heavy atom. The van der Waals surface area contributed by atoms with Crippen LogP contribution in [0.5, 0.6) is 0 Å². The van der Waals surface area contributed by atoms with E-state index in [-0.39, 0.29) is 6.04 Å². The number of hydrogen-bond donors (Lipinski definition) is 1. The molecule has 1 atom stereocenters. The van der Waals surface area contributed by atoms with Crippen molar-refractivity contribution >= 4 is 11.4 Å². The average molecular weight is 209 g/mol. The largest absolute Gasteiger partial charge is 0.383 e. The van der Waals surface area contributed by atoms with Crippen molar-refractivity contribution < 1.29 is 4.74 Å². The lowest BCUT2D eigenvalue weighted by molar-refractivity contribution is 0.190. The van der Waals surface area contributed by atoms with E-state index in [4.69, 9.17) is 4.74 Å². The summed E-state index contributed by atoms with van der Waals surface area (Å²) < 4.78 is 5.08. The average Bonchev–Trinajstić information content (AvgIpc) is 2.18. The molecule has 0 saturated heterocycles. The fraction of sp³-hybridized carbons (Fsp3) is 0.545. The highest BCUT2D eigenvalue weighted by Gasteiger charge is 2.07. The van der Waals surface area contributed by atoms with Crippen LogP contribution in [-0.4, -0.2) is 38.8 Å². The summed E-state index contributed by atoms with van der Waals surface area (Å²) in [6.07, 6.45) is 3.63. The van der Waals surface area contributed by atoms with Gasteiger partial charge in [0.05, 0.1) is 24.2 Å². The monoisotopic (exact) mass is 209 g/mol. The number of ether oxygens (including phenoxy) is 1. The molecular formula is C11H19N3O. The number of aromatic nitrogens is 1. The standard InChI is InChI=1S/C11H19N3O/c1-9(8-15-4)13-10-7-12-6-5-11(10)14(2)3/h5-7,9,13H,8H2,1-4H3. The molecule has 0 aliphatic rings. The van der Waals surface area contributed by atoms with Gasteiger partial charge < -0.3 is 15.0 Å². The van der Waals surface area contributed by atoms with Gasteiger partial charge >= 0.3 is 0 Å². The molecule has 1 unspecified atom stereocenters. The fourth-order valence-corrected chi connectivity index (χ4v) is 1.45. The Morgan fingerprint density at radius 3 is 2.87 bits per heavy atom. The Bertz CT molecular complexity index is 302. The molecule has 0 bridgehead atoms. The number of nitrogens with zero attached hydrogens (tertiary/aromatic N) is 2. The Hall–Kier alpha value is -1.29. The third kappa shape index (κ3) is 3.40. The van der Waals surface area contributed by atoms with Crippen LogP contribution in [0.2, 0.25) is 0 Å². The molecule has 4 nitrogen and oxygen atoms in total. The van der Waals surface area contributed by atoms with E-state index in [1.165, 1.54) is 0 Å². The number of pyridine rings is 1. The lowest BCUT2D eigenvalue weighted by Gasteiger charge is -2.20. The van der Waals surface area contributed by atoms with E-state index in [0.29, 0.717) is 6.61 Å². The van der Waals surface area contributed by atoms with Gasteiger partial charge in [-0.2, -0.15) is 0 Å². The Kier molecular flexibility index (Phi) is 4.37. The first-order chi connectivity index (χ1) is 7.15. The van der Waals surface area contributed by atoms with Gasteiger partial charge in [0.1, 0.15) is 0 Å². The molecule has 0 aliphatic heterocycles. The summed E-state index contributed by atoms with van der Waals surface area (Å²) in [5, 5.41) is 3.36. The zero-order valence-corrected chi connectivity index (χ0v) is 9.82. The van der Waals surface area contributed by atoms with Crippen molar-refractivity contribution in [2.45, 2.75) is 13.0 Å². The van der Waals surface area contributed by atoms with Gasteiger partial charge in [-0.25, -0.2) is 0 Å². The highest BCUT2D eigenvalue weighted by atomic mass is 16.5. The molecule has 0 aliphatic carbocycles. The molecule has 0 radical (unpaired) electrons. The minimum atomic E-state index is 0.276. The predicted octanol–water partition coefficient (Wildman–Crippen LogP) is 1.59. The van der Waals surface area contributed by atoms with Crippen LogP contribution in [0, 0.1) is 0 Å². The van der Waals surface area contributed by atoms with Crippen LogP contribution >= 0.6 is 0 Å². The molecule has 0 spiro atoms. The zero-order chi connectivity index (χ0) is 11.3. The Labute approximate surface area is 91.3 Å². The van der Waals surface area contributed by atoms with Crippen molar-refractivity contribution in [1.82, 2.24) is 4.98 Å². The van der Waals surface area contributed by atoms with Gasteiger partial charge in [-0.15, -0.1) is 0 Å². The number of rotatable bonds is 5. The Balaban J connectivity index is 2.75. The summed E-state index contributed by atoms with van der Waals surface area (Å²) in [5.74, 6) is 0. The van der Waals surface area contributed by atoms with E-state index in [1.807, 2.05) is 26.4 Å². The van der Waals surface area contributed by atoms with E-state index in [1.54, 1.807) is 13.3 Å². The number of anilines is 2. The molecular weight excluding hydrogens is 190 g/mol. The summed E-state index contributed by atoms with van der Waals surface area (Å²) in [7, 11) is 5.73. The minimum absolute atomic E-state index is 0.276. The van der Waals surface area contributed by atoms with Crippen molar-refractivity contribution in [1.29, 1.82) is 0 Å². The molecule has 0 aromatic carbocycles. The van der Waals surface area contributed by atoms with Crippen LogP contribution in [0.15, 0.2) is 18.5 Å². The SMILES string of the molecule is COCC(C)Nc1cnccc1N(C)C. The third-order valence-electron chi connectivity index (χ3n) is 2.10. The summed E-state index contributed by atoms with van der Waals surface area (Å²) in [6.45, 7) is 2.76. The van der Waals surface area contributed by atoms with Crippen LogP contribution in [0.3, 0.4) is 0 Å². The summed E-state index contributed by atoms with van der Waals surface area (Å²) in [6, 6.07) is 2.26. The van der Waals surface area contributed by atoms with Crippen LogP contribution in [-0.2, 0) is 4.74 Å². The smallest absolute Gasteiger partial charge is 0.0767 e. The van der Waals surface area contributed by atoms with Crippen LogP contribution in [0.1, 0.15) is 6.92 Å². The second kappa shape index (κ2) is 5.56. The van der Waals surface area contributed by atoms with Crippen molar-refractivity contribution in [2.24, 2.45) is 0 Å². The maximum Gasteiger partial charge on any atom is 0.0767 e. The summed E-state index contributed by atoms with van der Waals surface area (Å²) in [5.41, 5.74) is 2.17. The van der Waals surface area contributed by atoms with Crippen LogP contribution in [0.4, 0.5) is 11.4 Å². The molecule has 84 valence electrons. The summed E-state index contributed by atoms with van der Waals surface area (Å²) >= 11 is 0. The Morgan fingerprint density at radius 1 is 1.53 bits per heavy atom. The van der Waals surface area contributed by atoms with E-state index in [0.717, 1.165) is 11.4 Å². The fourth-order valence-electron chi connectivity index (χ4n) is 1.45. The van der Waals surface area contributed by atoms with Gasteiger partial charge in [-0.05, 0) is 13.0 Å². The van der Waals surface area contributed by atoms with Crippen LogP contribution in [0.25, 0.3) is 0 Å². The van der Waals surface area contributed by atoms with Crippen LogP contribution < -0.4 is 10.2 Å². The van der Waals surface area contributed by atoms with Crippen molar-refractivity contribution in [2.75, 3.05) is 38.0 Å². The molecule has 1 heterocycles. The van der Waals surface area contributed by atoms with Gasteiger partial charge in [-0.3, -0.25) is 4.98 Å². The number of nitrogens with one attached hydrogen (secondary N) is 1. The van der Waals surface area contributed by atoms with Gasteiger partial charge in [-0.1, -0.05) is 0 Å². The van der Waals surface area contributed by atoms with E-state index in [2.05, 4.69) is 22.1 Å². The number of methoxy groups -OCH3 is 1. The van der Waals surface area contributed by atoms with Gasteiger partial charge in [0.15, 0.2) is 0 Å². The molecule has 15 heavy (non-hydrogen) atoms. The number of hydrogen-bond acceptors (Lipinski definition) is 4. The van der Waals surface area contributed by atoms with Crippen molar-refractivity contribution in [3.63, 3.8) is 0 Å². The quantitative estimate of drug-likeness (QED) is 0.799. The van der Waals surface area contributed by atoms with Gasteiger partial charge in [0.25, 0.3) is 0 Å². The zero-order valence-electron chi connectivity index (χ0n) is 9.82. The normalized spacial score (nSPS) is 12.3. The highest BCUT2D eigenvalue weighted by Crippen LogP contribution is 2.22. The second-order valence-corrected chi connectivity index (χ2v) is 3.79. The lowest BCUT2D eigenvalue weighted by atomic mass is 10.3. The molecule has 1 aromatic rings. The maximum absolute atomic E-state index is 5.08. The molecule has 0 fully saturated rings. The highest BCUT2D eigenvalue weighted by molar-refractivity contribution is 5.68. The topological polar surface area (TPSA) is 37.4 Å². The van der Waals surface area contributed by atoms with Crippen molar-refractivity contribution in [3.05, 3.63) is 18.5 Å². The summed E-state index contributed by atoms with van der Waals surface area (Å²) in [4.78, 5) is 6.17. The first-order valence-corrected chi connectivity index (χ1v) is 5.02. The molecule has 0 saturated carbocycles. The predicted molar refractivity (Wildman–Crippen MR) is 63.5 cm³/mol. The lowest BCUT2D eigenvalue weighted by Crippen LogP contribution is -2.22. The molecule has 0 amide bonds. The first kappa shape index (κ1) is 11.8. The second-order valence-electron chi connectivity index (χ2n) is 3.79. The molecule has 1 N–H and O–H groups in total. The van der Waals surface area contributed by atoms with Crippen molar-refractivity contribution in [3.8, 4) is 0 Å². The van der Waals surface area contributed by atoms with E-state index >= 15 is 0 Å². The first-order valence-electron chi connectivity index (χ1n) is 5.02. The van der Waals surface area contributed by atoms with E-state index < -0.39 is 0 Å².